The van der Waals surface area contributed by atoms with Crippen LogP contribution in [0.15, 0.2) is 31.3 Å². The second kappa shape index (κ2) is 6.33. The molecule has 1 saturated heterocycles. The van der Waals surface area contributed by atoms with Gasteiger partial charge in [0.2, 0.25) is 0 Å². The highest BCUT2D eigenvalue weighted by atomic mass is 79.9. The molecule has 8 heteroatoms. The predicted molar refractivity (Wildman–Crippen MR) is 92.2 cm³/mol. The molecule has 5 nitrogen and oxygen atoms in total. The van der Waals surface area contributed by atoms with E-state index in [9.17, 15) is 9.59 Å². The number of hydrogen-bond donors (Lipinski definition) is 1. The number of anilines is 1. The van der Waals surface area contributed by atoms with Crippen LogP contribution in [0.1, 0.15) is 19.4 Å². The van der Waals surface area contributed by atoms with Crippen LogP contribution in [0, 0.1) is 6.92 Å². The summed E-state index contributed by atoms with van der Waals surface area (Å²) in [4.78, 5) is 23.7. The SMILES string of the molecule is Cc1c(Br)cc(Br)c(NC=C2C(=O)OC(C)(C)OC2=O)c1Br. The number of carbonyl (C=O) groups excluding carboxylic acids is 2. The molecule has 0 bridgehead atoms. The molecule has 0 saturated carbocycles. The van der Waals surface area contributed by atoms with Crippen molar-refractivity contribution in [2.45, 2.75) is 26.6 Å². The van der Waals surface area contributed by atoms with Crippen molar-refractivity contribution in [3.8, 4) is 0 Å². The Kier molecular flexibility index (Phi) is 5.03. The fraction of sp³-hybridized carbons (Fsp3) is 0.286. The molecule has 2 rings (SSSR count). The van der Waals surface area contributed by atoms with Crippen LogP contribution in [-0.2, 0) is 19.1 Å². The van der Waals surface area contributed by atoms with E-state index in [0.717, 1.165) is 19.0 Å². The lowest BCUT2D eigenvalue weighted by Gasteiger charge is -2.29. The van der Waals surface area contributed by atoms with Gasteiger partial charge in [-0.3, -0.25) is 0 Å². The monoisotopic (exact) mass is 495 g/mol. The van der Waals surface area contributed by atoms with Gasteiger partial charge in [-0.1, -0.05) is 15.9 Å². The third kappa shape index (κ3) is 3.55. The van der Waals surface area contributed by atoms with E-state index in [2.05, 4.69) is 53.1 Å². The maximum atomic E-state index is 11.9. The van der Waals surface area contributed by atoms with Crippen LogP contribution in [-0.4, -0.2) is 17.7 Å². The summed E-state index contributed by atoms with van der Waals surface area (Å²) in [6, 6.07) is 1.86. The summed E-state index contributed by atoms with van der Waals surface area (Å²) in [6.45, 7) is 4.92. The van der Waals surface area contributed by atoms with Gasteiger partial charge in [0.1, 0.15) is 0 Å². The third-order valence-electron chi connectivity index (χ3n) is 2.88. The lowest BCUT2D eigenvalue weighted by Crippen LogP contribution is -2.42. The van der Waals surface area contributed by atoms with Crippen molar-refractivity contribution in [1.29, 1.82) is 0 Å². The minimum atomic E-state index is -1.25. The number of ether oxygens (including phenoxy) is 2. The van der Waals surface area contributed by atoms with Gasteiger partial charge in [-0.05, 0) is 50.4 Å². The lowest BCUT2D eigenvalue weighted by molar-refractivity contribution is -0.222. The number of rotatable bonds is 2. The Balaban J connectivity index is 2.32. The zero-order valence-corrected chi connectivity index (χ0v) is 16.7. The fourth-order valence-corrected chi connectivity index (χ4v) is 4.09. The average Bonchev–Trinajstić information content (AvgIpc) is 2.37. The van der Waals surface area contributed by atoms with E-state index in [-0.39, 0.29) is 5.57 Å². The predicted octanol–water partition coefficient (Wildman–Crippen LogP) is 4.41. The van der Waals surface area contributed by atoms with E-state index in [4.69, 9.17) is 9.47 Å². The third-order valence-corrected chi connectivity index (χ3v) is 5.32. The Hall–Kier alpha value is -0.860. The second-order valence-electron chi connectivity index (χ2n) is 5.04. The van der Waals surface area contributed by atoms with Crippen molar-refractivity contribution in [2.24, 2.45) is 0 Å². The van der Waals surface area contributed by atoms with Crippen molar-refractivity contribution in [2.75, 3.05) is 5.32 Å². The highest BCUT2D eigenvalue weighted by Gasteiger charge is 2.39. The summed E-state index contributed by atoms with van der Waals surface area (Å²) < 4.78 is 12.5. The molecule has 118 valence electrons. The first-order chi connectivity index (χ1) is 10.1. The van der Waals surface area contributed by atoms with E-state index >= 15 is 0 Å². The average molecular weight is 498 g/mol. The molecule has 0 unspecified atom stereocenters. The minimum absolute atomic E-state index is 0.196. The number of nitrogens with one attached hydrogen (secondary N) is 1. The van der Waals surface area contributed by atoms with Crippen LogP contribution in [0.3, 0.4) is 0 Å². The first-order valence-corrected chi connectivity index (χ1v) is 8.58. The van der Waals surface area contributed by atoms with Crippen LogP contribution in [0.4, 0.5) is 5.69 Å². The molecule has 0 aromatic heterocycles. The van der Waals surface area contributed by atoms with Gasteiger partial charge in [0, 0.05) is 33.5 Å². The number of benzene rings is 1. The van der Waals surface area contributed by atoms with Crippen molar-refractivity contribution in [3.05, 3.63) is 36.8 Å². The zero-order valence-electron chi connectivity index (χ0n) is 11.9. The van der Waals surface area contributed by atoms with Crippen molar-refractivity contribution >= 4 is 65.4 Å². The highest BCUT2D eigenvalue weighted by molar-refractivity contribution is 9.11. The molecule has 0 atom stereocenters. The Labute approximate surface area is 152 Å². The zero-order chi connectivity index (χ0) is 16.7. The molecular weight excluding hydrogens is 486 g/mol. The van der Waals surface area contributed by atoms with Gasteiger partial charge in [0.15, 0.2) is 5.57 Å². The molecular formula is C14H12Br3NO4. The molecule has 1 fully saturated rings. The second-order valence-corrected chi connectivity index (χ2v) is 7.54. The topological polar surface area (TPSA) is 64.6 Å². The van der Waals surface area contributed by atoms with Gasteiger partial charge in [-0.15, -0.1) is 0 Å². The first-order valence-electron chi connectivity index (χ1n) is 6.20. The van der Waals surface area contributed by atoms with E-state index in [1.54, 1.807) is 0 Å². The molecule has 0 spiro atoms. The first kappa shape index (κ1) is 17.5. The van der Waals surface area contributed by atoms with Gasteiger partial charge in [-0.2, -0.15) is 0 Å². The number of cyclic esters (lactones) is 2. The molecule has 0 amide bonds. The fourth-order valence-electron chi connectivity index (χ4n) is 1.74. The molecule has 1 heterocycles. The van der Waals surface area contributed by atoms with Crippen LogP contribution < -0.4 is 5.32 Å². The summed E-state index contributed by atoms with van der Waals surface area (Å²) >= 11 is 10.3. The number of halogens is 3. The van der Waals surface area contributed by atoms with Crippen molar-refractivity contribution in [1.82, 2.24) is 0 Å². The number of esters is 2. The van der Waals surface area contributed by atoms with Crippen molar-refractivity contribution in [3.63, 3.8) is 0 Å². The summed E-state index contributed by atoms with van der Waals surface area (Å²) in [6.07, 6.45) is 1.28. The molecule has 0 aliphatic carbocycles. The quantitative estimate of drug-likeness (QED) is 0.372. The molecule has 1 aliphatic heterocycles. The van der Waals surface area contributed by atoms with Crippen LogP contribution in [0.5, 0.6) is 0 Å². The molecule has 1 N–H and O–H groups in total. The Morgan fingerprint density at radius 3 is 2.18 bits per heavy atom. The van der Waals surface area contributed by atoms with E-state index < -0.39 is 17.7 Å². The molecule has 22 heavy (non-hydrogen) atoms. The Morgan fingerprint density at radius 1 is 1.09 bits per heavy atom. The number of hydrogen-bond acceptors (Lipinski definition) is 5. The lowest BCUT2D eigenvalue weighted by atomic mass is 10.2. The largest absolute Gasteiger partial charge is 0.419 e. The summed E-state index contributed by atoms with van der Waals surface area (Å²) in [7, 11) is 0. The van der Waals surface area contributed by atoms with Crippen LogP contribution in [0.2, 0.25) is 0 Å². The highest BCUT2D eigenvalue weighted by Crippen LogP contribution is 2.38. The molecule has 1 aromatic carbocycles. The van der Waals surface area contributed by atoms with E-state index in [0.29, 0.717) is 5.69 Å². The molecule has 1 aliphatic rings. The van der Waals surface area contributed by atoms with E-state index in [1.165, 1.54) is 20.0 Å². The van der Waals surface area contributed by atoms with Crippen molar-refractivity contribution < 1.29 is 19.1 Å². The molecule has 0 radical (unpaired) electrons. The van der Waals surface area contributed by atoms with Crippen LogP contribution >= 0.6 is 47.8 Å². The van der Waals surface area contributed by atoms with Crippen LogP contribution in [0.25, 0.3) is 0 Å². The summed E-state index contributed by atoms with van der Waals surface area (Å²) in [5.41, 5.74) is 1.45. The maximum absolute atomic E-state index is 11.9. The Morgan fingerprint density at radius 2 is 1.64 bits per heavy atom. The van der Waals surface area contributed by atoms with E-state index in [1.807, 2.05) is 13.0 Å². The normalized spacial score (nSPS) is 16.9. The minimum Gasteiger partial charge on any atom is -0.419 e. The Bertz CT molecular complexity index is 676. The maximum Gasteiger partial charge on any atom is 0.350 e. The smallest absolute Gasteiger partial charge is 0.350 e. The van der Waals surface area contributed by atoms with Gasteiger partial charge >= 0.3 is 11.9 Å². The van der Waals surface area contributed by atoms with Gasteiger partial charge in [-0.25, -0.2) is 9.59 Å². The summed E-state index contributed by atoms with van der Waals surface area (Å²) in [5.74, 6) is -2.70. The number of carbonyl (C=O) groups is 2. The van der Waals surface area contributed by atoms with Gasteiger partial charge < -0.3 is 14.8 Å². The standard InChI is InChI=1S/C14H12Br3NO4/c1-6-8(15)4-9(16)11(10(6)17)18-5-7-12(19)21-14(2,3)22-13(7)20/h4-5,18H,1-3H3. The van der Waals surface area contributed by atoms with Gasteiger partial charge in [0.05, 0.1) is 5.69 Å². The molecule has 1 aromatic rings. The summed E-state index contributed by atoms with van der Waals surface area (Å²) in [5, 5.41) is 2.93. The van der Waals surface area contributed by atoms with Gasteiger partial charge in [0.25, 0.3) is 5.79 Å².